The fraction of sp³-hybridized carbons (Fsp3) is 0.429. The van der Waals surface area contributed by atoms with Gasteiger partial charge in [-0.2, -0.15) is 0 Å². The van der Waals surface area contributed by atoms with Crippen LogP contribution in [0.25, 0.3) is 0 Å². The number of carbonyl (C=O) groups excluding carboxylic acids is 1. The minimum atomic E-state index is -0.189. The number of hydrogen-bond acceptors (Lipinski definition) is 5. The van der Waals surface area contributed by atoms with Crippen LogP contribution in [0.5, 0.6) is 11.5 Å². The molecule has 104 valence electrons. The largest absolute Gasteiger partial charge is 0.507 e. The van der Waals surface area contributed by atoms with Gasteiger partial charge in [0.05, 0.1) is 12.7 Å². The van der Waals surface area contributed by atoms with E-state index < -0.39 is 0 Å². The number of carbonyl (C=O) groups is 1. The number of benzene rings is 1. The molecule has 0 aliphatic heterocycles. The second-order valence-electron chi connectivity index (χ2n) is 4.16. The number of rotatable bonds is 6. The number of ketones is 1. The van der Waals surface area contributed by atoms with Crippen LogP contribution in [0, 0.1) is 5.41 Å². The molecule has 1 rings (SSSR count). The lowest BCUT2D eigenvalue weighted by molar-refractivity contribution is 0.101. The Balaban J connectivity index is 3.06. The molecule has 0 heterocycles. The van der Waals surface area contributed by atoms with Crippen LogP contribution in [0.2, 0.25) is 0 Å². The fourth-order valence-electron chi connectivity index (χ4n) is 1.73. The van der Waals surface area contributed by atoms with Crippen LogP contribution >= 0.6 is 0 Å². The number of methoxy groups -OCH3 is 1. The maximum Gasteiger partial charge on any atom is 0.219 e. The molecule has 0 unspecified atom stereocenters. The summed E-state index contributed by atoms with van der Waals surface area (Å²) in [7, 11) is 1.40. The monoisotopic (exact) mass is 265 g/mol. The zero-order valence-corrected chi connectivity index (χ0v) is 11.4. The summed E-state index contributed by atoms with van der Waals surface area (Å²) < 4.78 is 10.1. The number of aromatic hydroxyl groups is 1. The maximum absolute atomic E-state index is 11.4. The third-order valence-corrected chi connectivity index (χ3v) is 2.72. The highest BCUT2D eigenvalue weighted by Gasteiger charge is 2.16. The first-order valence-electron chi connectivity index (χ1n) is 6.11. The van der Waals surface area contributed by atoms with E-state index in [1.807, 2.05) is 6.92 Å². The zero-order valence-electron chi connectivity index (χ0n) is 11.4. The Hall–Kier alpha value is -2.04. The van der Waals surface area contributed by atoms with Crippen molar-refractivity contribution >= 4 is 11.7 Å². The summed E-state index contributed by atoms with van der Waals surface area (Å²) in [5.74, 6) is 0.255. The van der Waals surface area contributed by atoms with Crippen LogP contribution in [-0.4, -0.2) is 30.5 Å². The Morgan fingerprint density at radius 3 is 2.63 bits per heavy atom. The molecular weight excluding hydrogens is 246 g/mol. The van der Waals surface area contributed by atoms with E-state index in [1.165, 1.54) is 20.1 Å². The normalized spacial score (nSPS) is 10.1. The van der Waals surface area contributed by atoms with Gasteiger partial charge in [0.1, 0.15) is 11.5 Å². The Kier molecular flexibility index (Phi) is 5.36. The van der Waals surface area contributed by atoms with Gasteiger partial charge in [-0.15, -0.1) is 0 Å². The van der Waals surface area contributed by atoms with Gasteiger partial charge in [0.2, 0.25) is 5.90 Å². The van der Waals surface area contributed by atoms with Crippen molar-refractivity contribution in [2.75, 3.05) is 13.7 Å². The first-order chi connectivity index (χ1) is 9.01. The van der Waals surface area contributed by atoms with E-state index in [4.69, 9.17) is 14.9 Å². The molecule has 0 spiro atoms. The zero-order chi connectivity index (χ0) is 14.4. The molecule has 5 nitrogen and oxygen atoms in total. The summed E-state index contributed by atoms with van der Waals surface area (Å²) >= 11 is 0. The summed E-state index contributed by atoms with van der Waals surface area (Å²) in [6, 6.07) is 3.17. The number of nitrogens with one attached hydrogen (secondary N) is 1. The van der Waals surface area contributed by atoms with Crippen molar-refractivity contribution in [1.29, 1.82) is 5.41 Å². The molecule has 0 atom stereocenters. The van der Waals surface area contributed by atoms with Crippen molar-refractivity contribution in [3.05, 3.63) is 23.3 Å². The molecule has 1 aromatic rings. The Bertz CT molecular complexity index is 483. The SMILES string of the molecule is CCCc1c(OCC(=N)OC)ccc(C(C)=O)c1O. The van der Waals surface area contributed by atoms with Gasteiger partial charge in [0, 0.05) is 5.56 Å². The van der Waals surface area contributed by atoms with Crippen molar-refractivity contribution in [3.63, 3.8) is 0 Å². The van der Waals surface area contributed by atoms with Gasteiger partial charge in [-0.05, 0) is 25.5 Å². The van der Waals surface area contributed by atoms with Gasteiger partial charge in [-0.25, -0.2) is 0 Å². The van der Waals surface area contributed by atoms with E-state index >= 15 is 0 Å². The Morgan fingerprint density at radius 2 is 2.11 bits per heavy atom. The molecule has 5 heteroatoms. The molecule has 0 amide bonds. The minimum Gasteiger partial charge on any atom is -0.507 e. The molecule has 0 saturated carbocycles. The first kappa shape index (κ1) is 15.0. The number of ether oxygens (including phenoxy) is 2. The van der Waals surface area contributed by atoms with Crippen LogP contribution in [-0.2, 0) is 11.2 Å². The Labute approximate surface area is 112 Å². The Morgan fingerprint density at radius 1 is 1.42 bits per heavy atom. The van der Waals surface area contributed by atoms with Crippen LogP contribution in [0.4, 0.5) is 0 Å². The van der Waals surface area contributed by atoms with E-state index in [1.54, 1.807) is 6.07 Å². The standard InChI is InChI=1S/C14H19NO4/c1-4-5-11-12(19-8-13(15)18-3)7-6-10(9(2)16)14(11)17/h6-7,15,17H,4-5,8H2,1-3H3. The van der Waals surface area contributed by atoms with Gasteiger partial charge in [0.15, 0.2) is 12.4 Å². The third-order valence-electron chi connectivity index (χ3n) is 2.72. The van der Waals surface area contributed by atoms with Crippen molar-refractivity contribution in [3.8, 4) is 11.5 Å². The second kappa shape index (κ2) is 6.78. The van der Waals surface area contributed by atoms with Gasteiger partial charge in [0.25, 0.3) is 0 Å². The summed E-state index contributed by atoms with van der Waals surface area (Å²) in [5, 5.41) is 17.5. The molecule has 2 N–H and O–H groups in total. The van der Waals surface area contributed by atoms with Gasteiger partial charge >= 0.3 is 0 Å². The molecule has 0 aliphatic rings. The van der Waals surface area contributed by atoms with E-state index in [0.29, 0.717) is 17.7 Å². The van der Waals surface area contributed by atoms with Crippen LogP contribution in [0.15, 0.2) is 12.1 Å². The summed E-state index contributed by atoms with van der Waals surface area (Å²) in [4.78, 5) is 11.4. The average molecular weight is 265 g/mol. The molecule has 0 fully saturated rings. The lowest BCUT2D eigenvalue weighted by atomic mass is 10.0. The first-order valence-corrected chi connectivity index (χ1v) is 6.11. The molecule has 0 bridgehead atoms. The molecule has 0 saturated heterocycles. The lowest BCUT2D eigenvalue weighted by Crippen LogP contribution is -2.13. The van der Waals surface area contributed by atoms with Gasteiger partial charge in [-0.3, -0.25) is 10.2 Å². The number of hydrogen-bond donors (Lipinski definition) is 2. The molecule has 1 aromatic carbocycles. The van der Waals surface area contributed by atoms with Crippen molar-refractivity contribution in [1.82, 2.24) is 0 Å². The van der Waals surface area contributed by atoms with Crippen LogP contribution in [0.3, 0.4) is 0 Å². The van der Waals surface area contributed by atoms with Crippen LogP contribution < -0.4 is 4.74 Å². The predicted octanol–water partition coefficient (Wildman–Crippen LogP) is 2.55. The third kappa shape index (κ3) is 3.71. The summed E-state index contributed by atoms with van der Waals surface area (Å²) in [6.45, 7) is 3.37. The molecule has 19 heavy (non-hydrogen) atoms. The molecular formula is C14H19NO4. The van der Waals surface area contributed by atoms with E-state index in [9.17, 15) is 9.90 Å². The number of phenols is 1. The minimum absolute atomic E-state index is 0.00224. The van der Waals surface area contributed by atoms with E-state index in [-0.39, 0.29) is 29.6 Å². The van der Waals surface area contributed by atoms with Gasteiger partial charge < -0.3 is 14.6 Å². The summed E-state index contributed by atoms with van der Waals surface area (Å²) in [5.41, 5.74) is 0.886. The highest BCUT2D eigenvalue weighted by molar-refractivity contribution is 5.97. The molecule has 0 aliphatic carbocycles. The lowest BCUT2D eigenvalue weighted by Gasteiger charge is -2.14. The predicted molar refractivity (Wildman–Crippen MR) is 72.3 cm³/mol. The maximum atomic E-state index is 11.4. The van der Waals surface area contributed by atoms with Crippen molar-refractivity contribution in [2.24, 2.45) is 0 Å². The van der Waals surface area contributed by atoms with Crippen LogP contribution in [0.1, 0.15) is 36.2 Å². The second-order valence-corrected chi connectivity index (χ2v) is 4.16. The smallest absolute Gasteiger partial charge is 0.219 e. The van der Waals surface area contributed by atoms with E-state index in [0.717, 1.165) is 6.42 Å². The topological polar surface area (TPSA) is 79.6 Å². The molecule has 0 aromatic heterocycles. The highest BCUT2D eigenvalue weighted by Crippen LogP contribution is 2.32. The quantitative estimate of drug-likeness (QED) is 0.470. The summed E-state index contributed by atoms with van der Waals surface area (Å²) in [6.07, 6.45) is 1.41. The highest BCUT2D eigenvalue weighted by atomic mass is 16.5. The fourth-order valence-corrected chi connectivity index (χ4v) is 1.73. The van der Waals surface area contributed by atoms with Gasteiger partial charge in [-0.1, -0.05) is 13.3 Å². The van der Waals surface area contributed by atoms with E-state index in [2.05, 4.69) is 0 Å². The molecule has 0 radical (unpaired) electrons. The average Bonchev–Trinajstić information content (AvgIpc) is 2.38. The number of phenolic OH excluding ortho intramolecular Hbond substituents is 1. The van der Waals surface area contributed by atoms with Crippen molar-refractivity contribution in [2.45, 2.75) is 26.7 Å². The number of Topliss-reactive ketones (excluding diaryl/α,β-unsaturated/α-hetero) is 1. The van der Waals surface area contributed by atoms with Crippen molar-refractivity contribution < 1.29 is 19.4 Å².